The van der Waals surface area contributed by atoms with E-state index < -0.39 is 5.25 Å². The zero-order valence-corrected chi connectivity index (χ0v) is 10.7. The minimum Gasteiger partial charge on any atom is -0.323 e. The minimum atomic E-state index is -0.405. The molecule has 0 saturated heterocycles. The summed E-state index contributed by atoms with van der Waals surface area (Å²) in [6.45, 7) is 3.52. The third kappa shape index (κ3) is 3.03. The van der Waals surface area contributed by atoms with Crippen molar-refractivity contribution in [3.8, 4) is 0 Å². The topological polar surface area (TPSA) is 29.1 Å². The van der Waals surface area contributed by atoms with Crippen molar-refractivity contribution in [2.24, 2.45) is 0 Å². The van der Waals surface area contributed by atoms with Crippen LogP contribution in [0.15, 0.2) is 12.1 Å². The summed E-state index contributed by atoms with van der Waals surface area (Å²) in [7, 11) is 0. The van der Waals surface area contributed by atoms with Gasteiger partial charge in [0, 0.05) is 0 Å². The lowest BCUT2D eigenvalue weighted by atomic mass is 10.2. The van der Waals surface area contributed by atoms with Gasteiger partial charge in [0.15, 0.2) is 0 Å². The molecule has 15 heavy (non-hydrogen) atoms. The summed E-state index contributed by atoms with van der Waals surface area (Å²) in [5.41, 5.74) is 1.31. The standard InChI is InChI=1S/C10H11Cl2NOS/c1-5-3-4-7(11)9(8(5)12)13-10(14)6(2)15/h3-4,6,15H,1-2H3,(H,13,14). The summed E-state index contributed by atoms with van der Waals surface area (Å²) in [6, 6.07) is 3.49. The molecule has 1 rings (SSSR count). The van der Waals surface area contributed by atoms with E-state index in [1.807, 2.05) is 6.92 Å². The van der Waals surface area contributed by atoms with E-state index in [1.54, 1.807) is 19.1 Å². The van der Waals surface area contributed by atoms with Gasteiger partial charge in [0.1, 0.15) is 0 Å². The van der Waals surface area contributed by atoms with E-state index in [2.05, 4.69) is 17.9 Å². The first-order chi connectivity index (χ1) is 6.93. The Kier molecular flexibility index (Phi) is 4.32. The molecule has 1 aromatic carbocycles. The van der Waals surface area contributed by atoms with Crippen LogP contribution in [0, 0.1) is 6.92 Å². The van der Waals surface area contributed by atoms with Crippen LogP contribution in [-0.2, 0) is 4.79 Å². The molecule has 0 radical (unpaired) electrons. The Hall–Kier alpha value is -0.380. The highest BCUT2D eigenvalue weighted by Gasteiger charge is 2.14. The third-order valence-corrected chi connectivity index (χ3v) is 2.95. The number of hydrogen-bond donors (Lipinski definition) is 2. The van der Waals surface area contributed by atoms with Crippen LogP contribution < -0.4 is 5.32 Å². The number of thiol groups is 1. The Morgan fingerprint density at radius 2 is 2.07 bits per heavy atom. The molecule has 0 fully saturated rings. The Morgan fingerprint density at radius 3 is 2.60 bits per heavy atom. The fourth-order valence-electron chi connectivity index (χ4n) is 0.999. The second-order valence-corrected chi connectivity index (χ2v) is 4.78. The largest absolute Gasteiger partial charge is 0.323 e. The molecule has 0 aliphatic rings. The van der Waals surface area contributed by atoms with Crippen molar-refractivity contribution in [3.63, 3.8) is 0 Å². The summed E-state index contributed by atoms with van der Waals surface area (Å²) < 4.78 is 0. The first-order valence-electron chi connectivity index (χ1n) is 4.37. The lowest BCUT2D eigenvalue weighted by Gasteiger charge is -2.12. The number of benzene rings is 1. The van der Waals surface area contributed by atoms with Crippen molar-refractivity contribution in [2.45, 2.75) is 19.1 Å². The van der Waals surface area contributed by atoms with Crippen LogP contribution in [-0.4, -0.2) is 11.2 Å². The van der Waals surface area contributed by atoms with Gasteiger partial charge < -0.3 is 5.32 Å². The molecule has 2 nitrogen and oxygen atoms in total. The molecule has 82 valence electrons. The molecule has 0 spiro atoms. The zero-order valence-electron chi connectivity index (χ0n) is 8.34. The average molecular weight is 264 g/mol. The van der Waals surface area contributed by atoms with Crippen molar-refractivity contribution < 1.29 is 4.79 Å². The Labute approximate surface area is 104 Å². The van der Waals surface area contributed by atoms with Crippen LogP contribution in [0.1, 0.15) is 12.5 Å². The molecule has 0 heterocycles. The Bertz CT molecular complexity index is 393. The highest BCUT2D eigenvalue weighted by atomic mass is 35.5. The number of aryl methyl sites for hydroxylation is 1. The number of carbonyl (C=O) groups is 1. The van der Waals surface area contributed by atoms with Crippen LogP contribution in [0.4, 0.5) is 5.69 Å². The first kappa shape index (κ1) is 12.7. The maximum absolute atomic E-state index is 11.4. The van der Waals surface area contributed by atoms with Crippen LogP contribution in [0.3, 0.4) is 0 Å². The van der Waals surface area contributed by atoms with E-state index in [4.69, 9.17) is 23.2 Å². The van der Waals surface area contributed by atoms with Gasteiger partial charge in [-0.2, -0.15) is 12.6 Å². The fraction of sp³-hybridized carbons (Fsp3) is 0.300. The lowest BCUT2D eigenvalue weighted by Crippen LogP contribution is -2.20. The Balaban J connectivity index is 3.04. The fourth-order valence-corrected chi connectivity index (χ4v) is 1.53. The molecule has 0 aliphatic carbocycles. The summed E-state index contributed by atoms with van der Waals surface area (Å²) in [5.74, 6) is -0.229. The molecule has 0 bridgehead atoms. The van der Waals surface area contributed by atoms with Crippen molar-refractivity contribution in [1.82, 2.24) is 0 Å². The molecular weight excluding hydrogens is 253 g/mol. The molecule has 0 saturated carbocycles. The van der Waals surface area contributed by atoms with E-state index in [0.29, 0.717) is 15.7 Å². The number of carbonyl (C=O) groups excluding carboxylic acids is 1. The number of anilines is 1. The number of nitrogens with one attached hydrogen (secondary N) is 1. The van der Waals surface area contributed by atoms with Gasteiger partial charge in [-0.15, -0.1) is 0 Å². The maximum Gasteiger partial charge on any atom is 0.237 e. The zero-order chi connectivity index (χ0) is 11.6. The van der Waals surface area contributed by atoms with Gasteiger partial charge in [0.05, 0.1) is 21.0 Å². The molecule has 1 atom stereocenters. The van der Waals surface area contributed by atoms with Gasteiger partial charge in [0.2, 0.25) is 5.91 Å². The van der Waals surface area contributed by atoms with E-state index in [9.17, 15) is 4.79 Å². The molecule has 5 heteroatoms. The number of rotatable bonds is 2. The molecule has 1 aromatic rings. The smallest absolute Gasteiger partial charge is 0.237 e. The van der Waals surface area contributed by atoms with Crippen LogP contribution in [0.5, 0.6) is 0 Å². The minimum absolute atomic E-state index is 0.229. The summed E-state index contributed by atoms with van der Waals surface area (Å²) in [5, 5.41) is 3.12. The highest BCUT2D eigenvalue weighted by molar-refractivity contribution is 7.81. The second-order valence-electron chi connectivity index (χ2n) is 3.22. The SMILES string of the molecule is Cc1ccc(Cl)c(NC(=O)C(C)S)c1Cl. The quantitative estimate of drug-likeness (QED) is 0.786. The van der Waals surface area contributed by atoms with E-state index in [-0.39, 0.29) is 5.91 Å². The van der Waals surface area contributed by atoms with Gasteiger partial charge in [-0.25, -0.2) is 0 Å². The average Bonchev–Trinajstić information content (AvgIpc) is 2.18. The second kappa shape index (κ2) is 5.10. The van der Waals surface area contributed by atoms with Crippen molar-refractivity contribution in [1.29, 1.82) is 0 Å². The molecular formula is C10H11Cl2NOS. The van der Waals surface area contributed by atoms with Crippen molar-refractivity contribution in [3.05, 3.63) is 27.7 Å². The van der Waals surface area contributed by atoms with Crippen LogP contribution >= 0.6 is 35.8 Å². The highest BCUT2D eigenvalue weighted by Crippen LogP contribution is 2.32. The predicted molar refractivity (Wildman–Crippen MR) is 68.3 cm³/mol. The molecule has 1 amide bonds. The van der Waals surface area contributed by atoms with Gasteiger partial charge >= 0.3 is 0 Å². The van der Waals surface area contributed by atoms with Gasteiger partial charge in [-0.3, -0.25) is 4.79 Å². The molecule has 1 N–H and O–H groups in total. The number of amides is 1. The van der Waals surface area contributed by atoms with Crippen molar-refractivity contribution >= 4 is 47.4 Å². The summed E-state index contributed by atoms with van der Waals surface area (Å²) in [6.07, 6.45) is 0. The van der Waals surface area contributed by atoms with E-state index >= 15 is 0 Å². The van der Waals surface area contributed by atoms with Gasteiger partial charge in [-0.1, -0.05) is 29.3 Å². The van der Waals surface area contributed by atoms with Crippen LogP contribution in [0.2, 0.25) is 10.0 Å². The van der Waals surface area contributed by atoms with Gasteiger partial charge in [-0.05, 0) is 25.5 Å². The normalized spacial score (nSPS) is 12.3. The van der Waals surface area contributed by atoms with E-state index in [1.165, 1.54) is 0 Å². The van der Waals surface area contributed by atoms with Crippen LogP contribution in [0.25, 0.3) is 0 Å². The molecule has 1 unspecified atom stereocenters. The predicted octanol–water partition coefficient (Wildman–Crippen LogP) is 3.56. The lowest BCUT2D eigenvalue weighted by molar-refractivity contribution is -0.115. The van der Waals surface area contributed by atoms with Crippen molar-refractivity contribution in [2.75, 3.05) is 5.32 Å². The summed E-state index contributed by atoms with van der Waals surface area (Å²) in [4.78, 5) is 11.4. The van der Waals surface area contributed by atoms with Gasteiger partial charge in [0.25, 0.3) is 0 Å². The molecule has 0 aliphatic heterocycles. The first-order valence-corrected chi connectivity index (χ1v) is 5.64. The monoisotopic (exact) mass is 263 g/mol. The van der Waals surface area contributed by atoms with E-state index in [0.717, 1.165) is 5.56 Å². The Morgan fingerprint density at radius 1 is 1.47 bits per heavy atom. The maximum atomic E-state index is 11.4. The molecule has 0 aromatic heterocycles. The number of hydrogen-bond acceptors (Lipinski definition) is 2. The summed E-state index contributed by atoms with van der Waals surface area (Å²) >= 11 is 16.0. The third-order valence-electron chi connectivity index (χ3n) is 1.91. The number of halogens is 2.